The summed E-state index contributed by atoms with van der Waals surface area (Å²) in [5.41, 5.74) is 0. The van der Waals surface area contributed by atoms with Crippen LogP contribution in [0.3, 0.4) is 0 Å². The lowest BCUT2D eigenvalue weighted by molar-refractivity contribution is -0.693. The molecular weight excluding hydrogens is 185 g/mol. The van der Waals surface area contributed by atoms with Crippen LogP contribution < -0.4 is 4.57 Å². The molecule has 0 saturated heterocycles. The highest BCUT2D eigenvalue weighted by molar-refractivity contribution is 6.22. The quantitative estimate of drug-likeness (QED) is 0.549. The summed E-state index contributed by atoms with van der Waals surface area (Å²) in [6.07, 6.45) is 5.36. The number of aromatic nitrogens is 2. The van der Waals surface area contributed by atoms with Crippen molar-refractivity contribution in [3.05, 3.63) is 18.7 Å². The number of aromatic amines is 1. The van der Waals surface area contributed by atoms with Crippen molar-refractivity contribution in [2.45, 2.75) is 11.9 Å². The van der Waals surface area contributed by atoms with Crippen molar-refractivity contribution in [2.24, 2.45) is 0 Å². The third-order valence-electron chi connectivity index (χ3n) is 1.11. The average molecular weight is 193 g/mol. The third-order valence-corrected chi connectivity index (χ3v) is 1.35. The molecule has 0 aliphatic heterocycles. The van der Waals surface area contributed by atoms with Crippen LogP contribution in [0, 0.1) is 11.3 Å². The third kappa shape index (κ3) is 3.26. The Balaban J connectivity index is 0.000001000. The lowest BCUT2D eigenvalue weighted by Crippen LogP contribution is -2.34. The molecule has 1 aromatic rings. The summed E-state index contributed by atoms with van der Waals surface area (Å²) < 4.78 is 1.82. The lowest BCUT2D eigenvalue weighted by atomic mass is 10.4. The number of H-pyrrole nitrogens is 1. The first-order valence-electron chi connectivity index (χ1n) is 2.88. The van der Waals surface area contributed by atoms with E-state index in [1.807, 2.05) is 16.8 Å². The summed E-state index contributed by atoms with van der Waals surface area (Å²) in [5, 5.41) is 7.88. The van der Waals surface area contributed by atoms with Crippen molar-refractivity contribution in [1.29, 1.82) is 5.26 Å². The molecule has 0 bridgehead atoms. The molecule has 0 aromatic carbocycles. The monoisotopic (exact) mass is 192 g/mol. The van der Waals surface area contributed by atoms with Gasteiger partial charge in [-0.2, -0.15) is 5.26 Å². The Morgan fingerprint density at radius 2 is 2.45 bits per heavy atom. The molecule has 0 spiro atoms. The molecule has 0 radical (unpaired) electrons. The van der Waals surface area contributed by atoms with Gasteiger partial charge in [-0.1, -0.05) is 0 Å². The molecule has 11 heavy (non-hydrogen) atoms. The van der Waals surface area contributed by atoms with Crippen molar-refractivity contribution in [2.75, 3.05) is 0 Å². The number of nitriles is 1. The lowest BCUT2D eigenvalue weighted by Gasteiger charge is -1.92. The fourth-order valence-corrected chi connectivity index (χ4v) is 0.819. The number of nitrogens with zero attached hydrogens (tertiary/aromatic N) is 2. The summed E-state index contributed by atoms with van der Waals surface area (Å²) >= 11 is 5.56. The van der Waals surface area contributed by atoms with E-state index in [2.05, 4.69) is 4.98 Å². The molecule has 1 heterocycles. The average Bonchev–Trinajstić information content (AvgIpc) is 2.40. The SMILES string of the molecule is Cl.N#CC(Cl)C[n+]1cc[nH]c1. The fourth-order valence-electron chi connectivity index (χ4n) is 0.660. The van der Waals surface area contributed by atoms with E-state index >= 15 is 0 Å². The number of hydrogen-bond donors (Lipinski definition) is 1. The van der Waals surface area contributed by atoms with Crippen LogP contribution in [0.1, 0.15) is 0 Å². The second-order valence-electron chi connectivity index (χ2n) is 1.90. The maximum absolute atomic E-state index is 8.33. The predicted octanol–water partition coefficient (Wildman–Crippen LogP) is 0.855. The van der Waals surface area contributed by atoms with Gasteiger partial charge in [0.2, 0.25) is 6.33 Å². The molecule has 1 rings (SSSR count). The van der Waals surface area contributed by atoms with Crippen LogP contribution in [-0.2, 0) is 6.54 Å². The van der Waals surface area contributed by atoms with E-state index in [0.29, 0.717) is 6.54 Å². The van der Waals surface area contributed by atoms with E-state index in [9.17, 15) is 0 Å². The summed E-state index contributed by atoms with van der Waals surface area (Å²) in [6.45, 7) is 0.529. The fraction of sp³-hybridized carbons (Fsp3) is 0.333. The second kappa shape index (κ2) is 5.00. The molecule has 3 nitrogen and oxygen atoms in total. The molecular formula is C6H8Cl2N3+. The minimum Gasteiger partial charge on any atom is -0.250 e. The molecule has 1 N–H and O–H groups in total. The number of nitrogens with one attached hydrogen (secondary N) is 1. The Kier molecular flexibility index (Phi) is 4.67. The number of rotatable bonds is 2. The van der Waals surface area contributed by atoms with Gasteiger partial charge in [-0.3, -0.25) is 4.98 Å². The van der Waals surface area contributed by atoms with Crippen molar-refractivity contribution in [3.63, 3.8) is 0 Å². The molecule has 0 fully saturated rings. The highest BCUT2D eigenvalue weighted by atomic mass is 35.5. The maximum Gasteiger partial charge on any atom is 0.241 e. The van der Waals surface area contributed by atoms with Crippen LogP contribution in [0.2, 0.25) is 0 Å². The Morgan fingerprint density at radius 1 is 1.73 bits per heavy atom. The van der Waals surface area contributed by atoms with Gasteiger partial charge in [-0.05, 0) is 0 Å². The summed E-state index contributed by atoms with van der Waals surface area (Å²) in [4.78, 5) is 2.85. The zero-order chi connectivity index (χ0) is 7.40. The predicted molar refractivity (Wildman–Crippen MR) is 43.5 cm³/mol. The van der Waals surface area contributed by atoms with E-state index in [1.54, 1.807) is 12.5 Å². The molecule has 1 aromatic heterocycles. The summed E-state index contributed by atoms with van der Waals surface area (Å²) in [7, 11) is 0. The van der Waals surface area contributed by atoms with Gasteiger partial charge in [0.05, 0.1) is 6.07 Å². The molecule has 0 saturated carbocycles. The maximum atomic E-state index is 8.33. The molecule has 0 amide bonds. The van der Waals surface area contributed by atoms with E-state index < -0.39 is 5.38 Å². The van der Waals surface area contributed by atoms with E-state index in [1.165, 1.54) is 0 Å². The normalized spacial score (nSPS) is 11.3. The van der Waals surface area contributed by atoms with Crippen LogP contribution in [0.5, 0.6) is 0 Å². The van der Waals surface area contributed by atoms with Crippen LogP contribution in [0.15, 0.2) is 18.7 Å². The van der Waals surface area contributed by atoms with E-state index in [0.717, 1.165) is 0 Å². The number of imidazole rings is 1. The summed E-state index contributed by atoms with van der Waals surface area (Å²) in [6, 6.07) is 1.93. The zero-order valence-electron chi connectivity index (χ0n) is 5.70. The van der Waals surface area contributed by atoms with Gasteiger partial charge < -0.3 is 0 Å². The van der Waals surface area contributed by atoms with Crippen LogP contribution in [0.25, 0.3) is 0 Å². The molecule has 5 heteroatoms. The number of hydrogen-bond acceptors (Lipinski definition) is 1. The highest BCUT2D eigenvalue weighted by Gasteiger charge is 2.05. The largest absolute Gasteiger partial charge is 0.250 e. The van der Waals surface area contributed by atoms with Gasteiger partial charge in [0.25, 0.3) is 0 Å². The van der Waals surface area contributed by atoms with Crippen molar-refractivity contribution >= 4 is 24.0 Å². The van der Waals surface area contributed by atoms with Crippen molar-refractivity contribution in [3.8, 4) is 6.07 Å². The van der Waals surface area contributed by atoms with Crippen LogP contribution in [0.4, 0.5) is 0 Å². The highest BCUT2D eigenvalue weighted by Crippen LogP contribution is 1.91. The van der Waals surface area contributed by atoms with Gasteiger partial charge in [-0.25, -0.2) is 4.57 Å². The number of halogens is 2. The van der Waals surface area contributed by atoms with Crippen molar-refractivity contribution in [1.82, 2.24) is 4.98 Å². The van der Waals surface area contributed by atoms with Crippen LogP contribution in [-0.4, -0.2) is 10.4 Å². The standard InChI is InChI=1S/C6H6ClN3.ClH/c7-6(3-8)4-10-2-1-9-5-10;/h1-2,5-6H,4H2;1H/p+1. The molecule has 60 valence electrons. The molecule has 0 aliphatic rings. The molecule has 1 unspecified atom stereocenters. The topological polar surface area (TPSA) is 43.5 Å². The number of alkyl halides is 1. The van der Waals surface area contributed by atoms with Gasteiger partial charge >= 0.3 is 0 Å². The molecule has 1 atom stereocenters. The van der Waals surface area contributed by atoms with E-state index in [-0.39, 0.29) is 12.4 Å². The van der Waals surface area contributed by atoms with Crippen molar-refractivity contribution < 1.29 is 4.57 Å². The first kappa shape index (κ1) is 10.3. The van der Waals surface area contributed by atoms with Gasteiger partial charge in [0.15, 0.2) is 5.38 Å². The minimum atomic E-state index is -0.444. The Bertz CT molecular complexity index is 226. The Hall–Kier alpha value is -0.720. The minimum absolute atomic E-state index is 0. The van der Waals surface area contributed by atoms with Gasteiger partial charge in [0, 0.05) is 0 Å². The van der Waals surface area contributed by atoms with Crippen LogP contribution >= 0.6 is 24.0 Å². The van der Waals surface area contributed by atoms with E-state index in [4.69, 9.17) is 16.9 Å². The Morgan fingerprint density at radius 3 is 2.91 bits per heavy atom. The summed E-state index contributed by atoms with van der Waals surface area (Å²) in [5.74, 6) is 0. The van der Waals surface area contributed by atoms with Gasteiger partial charge in [0.1, 0.15) is 18.9 Å². The van der Waals surface area contributed by atoms with Gasteiger partial charge in [-0.15, -0.1) is 24.0 Å². The Labute approximate surface area is 76.0 Å². The first-order valence-corrected chi connectivity index (χ1v) is 3.32. The second-order valence-corrected chi connectivity index (χ2v) is 2.43. The smallest absolute Gasteiger partial charge is 0.241 e. The zero-order valence-corrected chi connectivity index (χ0v) is 7.27. The first-order chi connectivity index (χ1) is 4.83. The molecule has 0 aliphatic carbocycles.